The minimum absolute atomic E-state index is 0.00849. The minimum Gasteiger partial charge on any atom is -0.497 e. The third kappa shape index (κ3) is 7.18. The average molecular weight is 534 g/mol. The molecule has 2 aromatic rings. The number of likely N-dealkylation sites (tertiary alicyclic amines) is 1. The summed E-state index contributed by atoms with van der Waals surface area (Å²) < 4.78 is 34.1. The minimum atomic E-state index is -4.18. The van der Waals surface area contributed by atoms with Crippen molar-refractivity contribution in [3.63, 3.8) is 0 Å². The van der Waals surface area contributed by atoms with E-state index in [0.717, 1.165) is 17.1 Å². The number of methoxy groups -OCH3 is 1. The normalized spacial score (nSPS) is 15.3. The number of benzene rings is 1. The Labute approximate surface area is 217 Å². The highest BCUT2D eigenvalue weighted by molar-refractivity contribution is 7.89. The van der Waals surface area contributed by atoms with Gasteiger partial charge in [-0.15, -0.1) is 0 Å². The number of nitrogens with one attached hydrogen (secondary N) is 2. The van der Waals surface area contributed by atoms with E-state index >= 15 is 0 Å². The number of hydrogen-bond acceptors (Lipinski definition) is 7. The number of piperidine rings is 1. The number of ether oxygens (including phenoxy) is 1. The second-order valence-electron chi connectivity index (χ2n) is 8.91. The fraction of sp³-hybridized carbons (Fsp3) is 0.480. The first kappa shape index (κ1) is 28.4. The maximum atomic E-state index is 13.9. The van der Waals surface area contributed by atoms with Crippen LogP contribution >= 0.6 is 0 Å². The van der Waals surface area contributed by atoms with Crippen molar-refractivity contribution < 1.29 is 28.0 Å². The molecule has 3 amide bonds. The van der Waals surface area contributed by atoms with Gasteiger partial charge in [-0.2, -0.15) is 4.31 Å². The molecule has 0 bridgehead atoms. The number of rotatable bonds is 11. The molecule has 0 saturated carbocycles. The van der Waals surface area contributed by atoms with Gasteiger partial charge in [0, 0.05) is 38.6 Å². The predicted octanol–water partition coefficient (Wildman–Crippen LogP) is 2.38. The maximum Gasteiger partial charge on any atom is 0.317 e. The van der Waals surface area contributed by atoms with E-state index in [0.29, 0.717) is 43.8 Å². The number of carbonyl (C=O) groups is 2. The molecule has 0 unspecified atom stereocenters. The summed E-state index contributed by atoms with van der Waals surface area (Å²) in [5.41, 5.74) is 2.30. The predicted molar refractivity (Wildman–Crippen MR) is 136 cm³/mol. The molecule has 11 nitrogen and oxygen atoms in total. The number of aromatic nitrogens is 1. The second-order valence-corrected chi connectivity index (χ2v) is 10.8. The summed E-state index contributed by atoms with van der Waals surface area (Å²) in [6, 6.07) is 7.89. The first-order chi connectivity index (χ1) is 17.8. The van der Waals surface area contributed by atoms with Gasteiger partial charge in [-0.3, -0.25) is 15.0 Å². The molecule has 0 aliphatic carbocycles. The summed E-state index contributed by atoms with van der Waals surface area (Å²) in [5.74, 6) is -0.757. The van der Waals surface area contributed by atoms with Gasteiger partial charge in [0.25, 0.3) is 5.91 Å². The summed E-state index contributed by atoms with van der Waals surface area (Å²) in [5, 5.41) is 12.5. The highest BCUT2D eigenvalue weighted by Gasteiger charge is 2.42. The Hall–Kier alpha value is -3.22. The van der Waals surface area contributed by atoms with Crippen LogP contribution in [0.3, 0.4) is 0 Å². The molecule has 202 valence electrons. The molecule has 1 aromatic carbocycles. The van der Waals surface area contributed by atoms with Crippen LogP contribution in [0, 0.1) is 5.92 Å². The Kier molecular flexibility index (Phi) is 10.2. The summed E-state index contributed by atoms with van der Waals surface area (Å²) in [7, 11) is -2.70. The standard InChI is InChI=1S/C25H35N5O6S/c1-3-4-13-27-25(32)29-16-11-20(12-17-29)23(24(31)28-33)30(18-19-9-14-26-15-10-19)37(34,35)22-7-5-21(36-2)6-8-22/h5-10,14-15,20,23,33H,3-4,11-13,16-18H2,1-2H3,(H,27,32)(H,28,31)/t23-/m1/s1. The van der Waals surface area contributed by atoms with Gasteiger partial charge < -0.3 is 15.0 Å². The number of hydrogen-bond donors (Lipinski definition) is 3. The smallest absolute Gasteiger partial charge is 0.317 e. The number of carbonyl (C=O) groups excluding carboxylic acids is 2. The van der Waals surface area contributed by atoms with Crippen molar-refractivity contribution in [3.05, 3.63) is 54.4 Å². The van der Waals surface area contributed by atoms with Crippen LogP contribution in [0.5, 0.6) is 5.75 Å². The van der Waals surface area contributed by atoms with E-state index in [1.54, 1.807) is 34.9 Å². The van der Waals surface area contributed by atoms with Gasteiger partial charge in [0.1, 0.15) is 11.8 Å². The van der Waals surface area contributed by atoms with Crippen molar-refractivity contribution in [1.82, 2.24) is 25.0 Å². The lowest BCUT2D eigenvalue weighted by molar-refractivity contribution is -0.135. The monoisotopic (exact) mass is 533 g/mol. The number of urea groups is 1. The number of amides is 3. The molecule has 0 spiro atoms. The van der Waals surface area contributed by atoms with Crippen LogP contribution in [-0.2, 0) is 21.4 Å². The lowest BCUT2D eigenvalue weighted by Gasteiger charge is -2.39. The van der Waals surface area contributed by atoms with E-state index in [4.69, 9.17) is 4.74 Å². The molecule has 1 aromatic heterocycles. The van der Waals surface area contributed by atoms with Crippen LogP contribution in [0.4, 0.5) is 4.79 Å². The van der Waals surface area contributed by atoms with Crippen molar-refractivity contribution in [2.75, 3.05) is 26.7 Å². The SMILES string of the molecule is CCCCNC(=O)N1CCC([C@H](C(=O)NO)N(Cc2ccncc2)S(=O)(=O)c2ccc(OC)cc2)CC1. The first-order valence-corrected chi connectivity index (χ1v) is 13.8. The Morgan fingerprint density at radius 1 is 1.16 bits per heavy atom. The molecule has 1 aliphatic rings. The number of unbranched alkanes of at least 4 members (excludes halogenated alkanes) is 1. The summed E-state index contributed by atoms with van der Waals surface area (Å²) in [6.07, 6.45) is 5.73. The van der Waals surface area contributed by atoms with Gasteiger partial charge in [-0.1, -0.05) is 13.3 Å². The molecule has 1 aliphatic heterocycles. The quantitative estimate of drug-likeness (QED) is 0.229. The van der Waals surface area contributed by atoms with Gasteiger partial charge >= 0.3 is 6.03 Å². The number of pyridine rings is 1. The van der Waals surface area contributed by atoms with Gasteiger partial charge in [0.2, 0.25) is 10.0 Å². The first-order valence-electron chi connectivity index (χ1n) is 12.3. The Morgan fingerprint density at radius 2 is 1.81 bits per heavy atom. The number of sulfonamides is 1. The van der Waals surface area contributed by atoms with Crippen LogP contribution in [0.2, 0.25) is 0 Å². The van der Waals surface area contributed by atoms with Gasteiger partial charge in [0.15, 0.2) is 0 Å². The van der Waals surface area contributed by atoms with Gasteiger partial charge in [-0.05, 0) is 67.1 Å². The molecular formula is C25H35N5O6S. The molecular weight excluding hydrogens is 498 g/mol. The van der Waals surface area contributed by atoms with Crippen molar-refractivity contribution in [1.29, 1.82) is 0 Å². The zero-order chi connectivity index (χ0) is 26.8. The number of hydroxylamine groups is 1. The summed E-state index contributed by atoms with van der Waals surface area (Å²) >= 11 is 0. The highest BCUT2D eigenvalue weighted by atomic mass is 32.2. The van der Waals surface area contributed by atoms with E-state index in [2.05, 4.69) is 10.3 Å². The Bertz CT molecular complexity index is 1120. The van der Waals surface area contributed by atoms with E-state index in [9.17, 15) is 23.2 Å². The molecule has 12 heteroatoms. The van der Waals surface area contributed by atoms with E-state index in [1.165, 1.54) is 31.4 Å². The average Bonchev–Trinajstić information content (AvgIpc) is 2.93. The largest absolute Gasteiger partial charge is 0.497 e. The molecule has 1 atom stereocenters. The fourth-order valence-electron chi connectivity index (χ4n) is 4.43. The maximum absolute atomic E-state index is 13.9. The summed E-state index contributed by atoms with van der Waals surface area (Å²) in [4.78, 5) is 31.2. The lowest BCUT2D eigenvalue weighted by Crippen LogP contribution is -2.55. The highest BCUT2D eigenvalue weighted by Crippen LogP contribution is 2.31. The molecule has 1 fully saturated rings. The molecule has 3 N–H and O–H groups in total. The topological polar surface area (TPSA) is 141 Å². The third-order valence-electron chi connectivity index (χ3n) is 6.52. The van der Waals surface area contributed by atoms with Crippen molar-refractivity contribution in [3.8, 4) is 5.75 Å². The van der Waals surface area contributed by atoms with Crippen molar-refractivity contribution in [2.45, 2.75) is 50.1 Å². The van der Waals surface area contributed by atoms with Crippen molar-refractivity contribution >= 4 is 22.0 Å². The fourth-order valence-corrected chi connectivity index (χ4v) is 6.07. The van der Waals surface area contributed by atoms with Crippen molar-refractivity contribution in [2.24, 2.45) is 5.92 Å². The molecule has 3 rings (SSSR count). The van der Waals surface area contributed by atoms with Gasteiger partial charge in [0.05, 0.1) is 12.0 Å². The van der Waals surface area contributed by atoms with Crippen LogP contribution in [-0.4, -0.2) is 72.5 Å². The zero-order valence-electron chi connectivity index (χ0n) is 21.2. The van der Waals surface area contributed by atoms with E-state index in [1.807, 2.05) is 6.92 Å². The van der Waals surface area contributed by atoms with Crippen LogP contribution in [0.1, 0.15) is 38.2 Å². The van der Waals surface area contributed by atoms with E-state index in [-0.39, 0.29) is 17.5 Å². The Balaban J connectivity index is 1.90. The zero-order valence-corrected chi connectivity index (χ0v) is 22.0. The van der Waals surface area contributed by atoms with E-state index < -0.39 is 27.9 Å². The second kappa shape index (κ2) is 13.4. The third-order valence-corrected chi connectivity index (χ3v) is 8.36. The Morgan fingerprint density at radius 3 is 2.38 bits per heavy atom. The summed E-state index contributed by atoms with van der Waals surface area (Å²) in [6.45, 7) is 3.26. The van der Waals surface area contributed by atoms with Crippen LogP contribution in [0.25, 0.3) is 0 Å². The van der Waals surface area contributed by atoms with Crippen LogP contribution in [0.15, 0.2) is 53.7 Å². The molecule has 1 saturated heterocycles. The molecule has 0 radical (unpaired) electrons. The van der Waals surface area contributed by atoms with Crippen LogP contribution < -0.4 is 15.5 Å². The lowest BCUT2D eigenvalue weighted by atomic mass is 9.88. The number of nitrogens with zero attached hydrogens (tertiary/aromatic N) is 3. The molecule has 2 heterocycles. The molecule has 37 heavy (non-hydrogen) atoms. The van der Waals surface area contributed by atoms with Gasteiger partial charge in [-0.25, -0.2) is 18.7 Å².